The minimum absolute atomic E-state index is 0.0917. The largest absolute Gasteiger partial charge is 0.472 e. The van der Waals surface area contributed by atoms with Crippen LogP contribution in [-0.4, -0.2) is 41.4 Å². The SMILES string of the molecule is Cn1nc(OCCOc2ncc(Br)cn2)c(-c2cc3ccccc3s2)c1NS(=O)(=O)c1ccc(C(C)(C)C)cc1. The average Bonchev–Trinajstić information content (AvgIpc) is 3.47. The minimum atomic E-state index is -3.92. The highest BCUT2D eigenvalue weighted by molar-refractivity contribution is 9.10. The molecular weight excluding hydrogens is 614 g/mol. The zero-order valence-corrected chi connectivity index (χ0v) is 25.6. The summed E-state index contributed by atoms with van der Waals surface area (Å²) < 4.78 is 44.6. The lowest BCUT2D eigenvalue weighted by Gasteiger charge is -2.19. The van der Waals surface area contributed by atoms with E-state index >= 15 is 0 Å². The van der Waals surface area contributed by atoms with Gasteiger partial charge in [0, 0.05) is 29.0 Å². The molecule has 0 saturated carbocycles. The molecule has 5 rings (SSSR count). The van der Waals surface area contributed by atoms with Crippen LogP contribution in [0, 0.1) is 0 Å². The lowest BCUT2D eigenvalue weighted by atomic mass is 9.87. The van der Waals surface area contributed by atoms with Crippen LogP contribution in [0.15, 0.2) is 76.4 Å². The number of nitrogens with one attached hydrogen (secondary N) is 1. The molecule has 3 heterocycles. The van der Waals surface area contributed by atoms with E-state index in [1.807, 2.05) is 42.5 Å². The van der Waals surface area contributed by atoms with Gasteiger partial charge in [-0.05, 0) is 56.6 Å². The molecule has 0 aliphatic carbocycles. The quantitative estimate of drug-likeness (QED) is 0.185. The molecule has 208 valence electrons. The Kier molecular flexibility index (Phi) is 7.85. The van der Waals surface area contributed by atoms with Gasteiger partial charge in [-0.3, -0.25) is 4.72 Å². The van der Waals surface area contributed by atoms with Crippen LogP contribution in [0.4, 0.5) is 5.82 Å². The third-order valence-electron chi connectivity index (χ3n) is 6.10. The van der Waals surface area contributed by atoms with Gasteiger partial charge >= 0.3 is 6.01 Å². The molecule has 40 heavy (non-hydrogen) atoms. The van der Waals surface area contributed by atoms with E-state index in [1.165, 1.54) is 16.0 Å². The summed E-state index contributed by atoms with van der Waals surface area (Å²) in [5, 5.41) is 5.56. The molecule has 3 aromatic heterocycles. The van der Waals surface area contributed by atoms with Crippen molar-refractivity contribution < 1.29 is 17.9 Å². The molecule has 9 nitrogen and oxygen atoms in total. The topological polar surface area (TPSA) is 108 Å². The van der Waals surface area contributed by atoms with E-state index in [-0.39, 0.29) is 35.4 Å². The molecule has 0 bridgehead atoms. The summed E-state index contributed by atoms with van der Waals surface area (Å²) in [6.45, 7) is 6.57. The van der Waals surface area contributed by atoms with Gasteiger partial charge in [-0.1, -0.05) is 51.1 Å². The van der Waals surface area contributed by atoms with E-state index in [1.54, 1.807) is 31.6 Å². The second kappa shape index (κ2) is 11.2. The molecule has 5 aromatic rings. The van der Waals surface area contributed by atoms with E-state index in [0.717, 1.165) is 25.0 Å². The molecule has 0 atom stereocenters. The lowest BCUT2D eigenvalue weighted by molar-refractivity contribution is 0.201. The van der Waals surface area contributed by atoms with Gasteiger partial charge in [-0.25, -0.2) is 23.1 Å². The highest BCUT2D eigenvalue weighted by atomic mass is 79.9. The number of thiophene rings is 1. The summed E-state index contributed by atoms with van der Waals surface area (Å²) in [5.74, 6) is 0.591. The number of aryl methyl sites for hydroxylation is 1. The molecule has 0 amide bonds. The van der Waals surface area contributed by atoms with Crippen molar-refractivity contribution in [3.05, 3.63) is 77.0 Å². The first-order valence-electron chi connectivity index (χ1n) is 12.4. The predicted molar refractivity (Wildman–Crippen MR) is 161 cm³/mol. The number of ether oxygens (including phenoxy) is 2. The monoisotopic (exact) mass is 641 g/mol. The second-order valence-corrected chi connectivity index (χ2v) is 13.7. The van der Waals surface area contributed by atoms with Crippen LogP contribution in [0.5, 0.6) is 11.9 Å². The number of halogens is 1. The van der Waals surface area contributed by atoms with Gasteiger partial charge in [0.15, 0.2) is 5.82 Å². The standard InChI is InChI=1S/C28H28BrN5O4S2/c1-28(2,3)19-9-11-21(12-10-19)40(35,36)33-25-24(23-15-18-7-5-6-8-22(18)39-23)26(32-34(25)4)37-13-14-38-27-30-16-20(29)17-31-27/h5-12,15-17,33H,13-14H2,1-4H3. The highest BCUT2D eigenvalue weighted by Gasteiger charge is 2.26. The predicted octanol–water partition coefficient (Wildman–Crippen LogP) is 6.41. The zero-order valence-electron chi connectivity index (χ0n) is 22.4. The van der Waals surface area contributed by atoms with Crippen LogP contribution in [0.3, 0.4) is 0 Å². The normalized spacial score (nSPS) is 12.0. The third-order valence-corrected chi connectivity index (χ3v) is 9.00. The van der Waals surface area contributed by atoms with Gasteiger partial charge in [-0.2, -0.15) is 0 Å². The number of hydrogen-bond acceptors (Lipinski definition) is 8. The number of nitrogens with zero attached hydrogens (tertiary/aromatic N) is 4. The lowest BCUT2D eigenvalue weighted by Crippen LogP contribution is -2.17. The van der Waals surface area contributed by atoms with Crippen LogP contribution in [0.2, 0.25) is 0 Å². The van der Waals surface area contributed by atoms with Crippen molar-refractivity contribution in [3.8, 4) is 22.3 Å². The maximum atomic E-state index is 13.5. The number of aromatic nitrogens is 4. The Balaban J connectivity index is 1.45. The maximum Gasteiger partial charge on any atom is 0.316 e. The molecule has 1 N–H and O–H groups in total. The molecule has 0 fully saturated rings. The summed E-state index contributed by atoms with van der Waals surface area (Å²) in [6.07, 6.45) is 3.19. The fourth-order valence-electron chi connectivity index (χ4n) is 4.01. The Morgan fingerprint density at radius 3 is 2.35 bits per heavy atom. The van der Waals surface area contributed by atoms with Crippen LogP contribution >= 0.6 is 27.3 Å². The fraction of sp³-hybridized carbons (Fsp3) is 0.250. The fourth-order valence-corrected chi connectivity index (χ4v) is 6.42. The summed E-state index contributed by atoms with van der Waals surface area (Å²) in [7, 11) is -2.24. The number of hydrogen-bond donors (Lipinski definition) is 1. The summed E-state index contributed by atoms with van der Waals surface area (Å²) in [6, 6.07) is 17.1. The number of rotatable bonds is 9. The van der Waals surface area contributed by atoms with Crippen molar-refractivity contribution in [2.45, 2.75) is 31.1 Å². The minimum Gasteiger partial charge on any atom is -0.472 e. The summed E-state index contributed by atoms with van der Waals surface area (Å²) in [4.78, 5) is 9.16. The summed E-state index contributed by atoms with van der Waals surface area (Å²) >= 11 is 4.82. The highest BCUT2D eigenvalue weighted by Crippen LogP contribution is 2.43. The number of sulfonamides is 1. The average molecular weight is 643 g/mol. The first-order valence-corrected chi connectivity index (χ1v) is 15.5. The van der Waals surface area contributed by atoms with E-state index in [9.17, 15) is 8.42 Å². The van der Waals surface area contributed by atoms with Crippen molar-refractivity contribution >= 4 is 53.2 Å². The van der Waals surface area contributed by atoms with Crippen LogP contribution in [0.25, 0.3) is 20.5 Å². The Labute approximate surface area is 245 Å². The van der Waals surface area contributed by atoms with Gasteiger partial charge < -0.3 is 9.47 Å². The van der Waals surface area contributed by atoms with E-state index in [0.29, 0.717) is 11.4 Å². The molecule has 0 radical (unpaired) electrons. The molecule has 0 aliphatic heterocycles. The van der Waals surface area contributed by atoms with Crippen LogP contribution in [-0.2, 0) is 22.5 Å². The first-order chi connectivity index (χ1) is 19.0. The zero-order chi connectivity index (χ0) is 28.5. The molecule has 0 unspecified atom stereocenters. The van der Waals surface area contributed by atoms with Crippen molar-refractivity contribution in [1.82, 2.24) is 19.7 Å². The summed E-state index contributed by atoms with van der Waals surface area (Å²) in [5.41, 5.74) is 1.51. The number of benzene rings is 2. The van der Waals surface area contributed by atoms with E-state index in [4.69, 9.17) is 9.47 Å². The van der Waals surface area contributed by atoms with Crippen LogP contribution < -0.4 is 14.2 Å². The smallest absolute Gasteiger partial charge is 0.316 e. The van der Waals surface area contributed by atoms with Crippen LogP contribution in [0.1, 0.15) is 26.3 Å². The van der Waals surface area contributed by atoms with Gasteiger partial charge in [0.25, 0.3) is 10.0 Å². The number of fused-ring (bicyclic) bond motifs is 1. The van der Waals surface area contributed by atoms with Crippen molar-refractivity contribution in [1.29, 1.82) is 0 Å². The van der Waals surface area contributed by atoms with E-state index in [2.05, 4.69) is 56.5 Å². The maximum absolute atomic E-state index is 13.5. The Morgan fingerprint density at radius 1 is 1.00 bits per heavy atom. The Bertz CT molecular complexity index is 1710. The number of anilines is 1. The molecule has 2 aromatic carbocycles. The first kappa shape index (κ1) is 28.1. The van der Waals surface area contributed by atoms with Gasteiger partial charge in [0.2, 0.25) is 5.88 Å². The van der Waals surface area contributed by atoms with Gasteiger partial charge in [-0.15, -0.1) is 16.4 Å². The van der Waals surface area contributed by atoms with Gasteiger partial charge in [0.05, 0.1) is 14.9 Å². The molecule has 0 spiro atoms. The molecule has 0 saturated heterocycles. The van der Waals surface area contributed by atoms with Crippen molar-refractivity contribution in [2.75, 3.05) is 17.9 Å². The van der Waals surface area contributed by atoms with Gasteiger partial charge in [0.1, 0.15) is 13.2 Å². The Hall–Kier alpha value is -3.48. The molecule has 12 heteroatoms. The molecular formula is C28H28BrN5O4S2. The van der Waals surface area contributed by atoms with Crippen molar-refractivity contribution in [2.24, 2.45) is 7.05 Å². The molecule has 0 aliphatic rings. The third kappa shape index (κ3) is 6.13. The van der Waals surface area contributed by atoms with Crippen molar-refractivity contribution in [3.63, 3.8) is 0 Å². The van der Waals surface area contributed by atoms with E-state index < -0.39 is 10.0 Å². The second-order valence-electron chi connectivity index (χ2n) is 10.1. The Morgan fingerprint density at radius 2 is 1.68 bits per heavy atom.